The summed E-state index contributed by atoms with van der Waals surface area (Å²) in [7, 11) is 1.39. The number of methoxy groups -OCH3 is 1. The molecule has 4 aromatic rings. The van der Waals surface area contributed by atoms with E-state index in [1.807, 2.05) is 6.92 Å². The molecule has 0 saturated carbocycles. The van der Waals surface area contributed by atoms with Crippen molar-refractivity contribution in [2.45, 2.75) is 6.92 Å². The standard InChI is InChI=1S/C19H15BrFN5O3/c1-9-8-22-18(24-12-5-4-11(20)16(28-2)15(12)21)26-17(9)23-10-3-6-14-13(7-10)25-19(27)29-14/h3-8H,1-2H3,(H,25,27)(H2,22,23,24,26). The second-order valence-corrected chi connectivity index (χ2v) is 7.00. The van der Waals surface area contributed by atoms with E-state index in [1.165, 1.54) is 7.11 Å². The third-order valence-electron chi connectivity index (χ3n) is 4.15. The lowest BCUT2D eigenvalue weighted by Gasteiger charge is -2.13. The summed E-state index contributed by atoms with van der Waals surface area (Å²) in [6.45, 7) is 1.84. The predicted molar refractivity (Wildman–Crippen MR) is 111 cm³/mol. The molecule has 0 aliphatic heterocycles. The normalized spacial score (nSPS) is 10.9. The monoisotopic (exact) mass is 459 g/mol. The van der Waals surface area contributed by atoms with Gasteiger partial charge in [0.05, 0.1) is 22.8 Å². The van der Waals surface area contributed by atoms with Gasteiger partial charge in [0.15, 0.2) is 17.1 Å². The number of H-pyrrole nitrogens is 1. The summed E-state index contributed by atoms with van der Waals surface area (Å²) in [4.78, 5) is 22.5. The van der Waals surface area contributed by atoms with Crippen molar-refractivity contribution in [1.29, 1.82) is 0 Å². The fourth-order valence-corrected chi connectivity index (χ4v) is 3.20. The number of ether oxygens (including phenoxy) is 1. The van der Waals surface area contributed by atoms with Crippen molar-refractivity contribution in [3.05, 3.63) is 62.9 Å². The van der Waals surface area contributed by atoms with Crippen molar-refractivity contribution >= 4 is 50.2 Å². The Morgan fingerprint density at radius 3 is 2.86 bits per heavy atom. The Morgan fingerprint density at radius 1 is 1.24 bits per heavy atom. The molecule has 148 valence electrons. The second-order valence-electron chi connectivity index (χ2n) is 6.14. The molecule has 0 amide bonds. The smallest absolute Gasteiger partial charge is 0.417 e. The van der Waals surface area contributed by atoms with Gasteiger partial charge in [0, 0.05) is 17.4 Å². The van der Waals surface area contributed by atoms with Crippen LogP contribution in [0.2, 0.25) is 0 Å². The number of anilines is 4. The Labute approximate surface area is 172 Å². The van der Waals surface area contributed by atoms with E-state index in [0.29, 0.717) is 27.1 Å². The van der Waals surface area contributed by atoms with Gasteiger partial charge >= 0.3 is 5.76 Å². The highest BCUT2D eigenvalue weighted by Gasteiger charge is 2.14. The number of rotatable bonds is 5. The van der Waals surface area contributed by atoms with Crippen LogP contribution in [0.15, 0.2) is 50.2 Å². The lowest BCUT2D eigenvalue weighted by atomic mass is 10.2. The first-order chi connectivity index (χ1) is 13.9. The van der Waals surface area contributed by atoms with E-state index in [0.717, 1.165) is 5.56 Å². The first kappa shape index (κ1) is 18.9. The van der Waals surface area contributed by atoms with Gasteiger partial charge < -0.3 is 19.8 Å². The number of hydrogen-bond acceptors (Lipinski definition) is 7. The molecule has 0 unspecified atom stereocenters. The van der Waals surface area contributed by atoms with E-state index in [9.17, 15) is 9.18 Å². The summed E-state index contributed by atoms with van der Waals surface area (Å²) in [6, 6.07) is 8.38. The molecule has 0 bridgehead atoms. The van der Waals surface area contributed by atoms with E-state index < -0.39 is 11.6 Å². The zero-order valence-corrected chi connectivity index (χ0v) is 16.9. The Hall–Kier alpha value is -3.40. The minimum absolute atomic E-state index is 0.0860. The average molecular weight is 460 g/mol. The summed E-state index contributed by atoms with van der Waals surface area (Å²) >= 11 is 3.24. The van der Waals surface area contributed by atoms with Crippen molar-refractivity contribution in [2.75, 3.05) is 17.7 Å². The van der Waals surface area contributed by atoms with Crippen molar-refractivity contribution in [3.63, 3.8) is 0 Å². The maximum Gasteiger partial charge on any atom is 0.417 e. The molecular weight excluding hydrogens is 445 g/mol. The quantitative estimate of drug-likeness (QED) is 0.399. The third kappa shape index (κ3) is 3.79. The van der Waals surface area contributed by atoms with Gasteiger partial charge in [-0.15, -0.1) is 0 Å². The number of aryl methyl sites for hydroxylation is 1. The van der Waals surface area contributed by atoms with Crippen LogP contribution in [-0.2, 0) is 0 Å². The van der Waals surface area contributed by atoms with Crippen LogP contribution in [0.4, 0.5) is 27.5 Å². The van der Waals surface area contributed by atoms with Crippen LogP contribution in [-0.4, -0.2) is 22.1 Å². The summed E-state index contributed by atoms with van der Waals surface area (Å²) in [5.41, 5.74) is 2.68. The first-order valence-electron chi connectivity index (χ1n) is 8.47. The molecule has 3 N–H and O–H groups in total. The van der Waals surface area contributed by atoms with Gasteiger partial charge in [-0.2, -0.15) is 4.98 Å². The lowest BCUT2D eigenvalue weighted by molar-refractivity contribution is 0.385. The number of halogens is 2. The molecule has 8 nitrogen and oxygen atoms in total. The zero-order valence-electron chi connectivity index (χ0n) is 15.3. The summed E-state index contributed by atoms with van der Waals surface area (Å²) in [5, 5.41) is 6.03. The van der Waals surface area contributed by atoms with E-state index in [4.69, 9.17) is 9.15 Å². The second kappa shape index (κ2) is 7.55. The SMILES string of the molecule is COc1c(Br)ccc(Nc2ncc(C)c(Nc3ccc4oc(=O)[nH]c4c3)n2)c1F. The minimum Gasteiger partial charge on any atom is -0.492 e. The molecule has 0 radical (unpaired) electrons. The molecule has 0 atom stereocenters. The van der Waals surface area contributed by atoms with Crippen LogP contribution < -0.4 is 21.1 Å². The molecule has 0 fully saturated rings. The Balaban J connectivity index is 1.63. The molecule has 29 heavy (non-hydrogen) atoms. The van der Waals surface area contributed by atoms with Gasteiger partial charge in [-0.3, -0.25) is 4.98 Å². The highest BCUT2D eigenvalue weighted by molar-refractivity contribution is 9.10. The minimum atomic E-state index is -0.560. The molecule has 0 aliphatic rings. The fraction of sp³-hybridized carbons (Fsp3) is 0.105. The number of oxazole rings is 1. The molecule has 4 rings (SSSR count). The number of benzene rings is 2. The van der Waals surface area contributed by atoms with Crippen molar-refractivity contribution in [2.24, 2.45) is 0 Å². The maximum atomic E-state index is 14.6. The molecule has 2 aromatic carbocycles. The van der Waals surface area contributed by atoms with Crippen molar-refractivity contribution in [1.82, 2.24) is 15.0 Å². The van der Waals surface area contributed by atoms with Crippen LogP contribution in [0.5, 0.6) is 5.75 Å². The average Bonchev–Trinajstić information content (AvgIpc) is 3.06. The van der Waals surface area contributed by atoms with Gasteiger partial charge in [-0.05, 0) is 53.2 Å². The molecule has 0 saturated heterocycles. The maximum absolute atomic E-state index is 14.6. The third-order valence-corrected chi connectivity index (χ3v) is 4.78. The number of aromatic nitrogens is 3. The molecule has 2 heterocycles. The van der Waals surface area contributed by atoms with E-state index in [-0.39, 0.29) is 17.4 Å². The number of aromatic amines is 1. The number of fused-ring (bicyclic) bond motifs is 1. The summed E-state index contributed by atoms with van der Waals surface area (Å²) in [6.07, 6.45) is 1.61. The molecule has 0 aliphatic carbocycles. The molecule has 10 heteroatoms. The Bertz CT molecular complexity index is 1270. The van der Waals surface area contributed by atoms with E-state index >= 15 is 0 Å². The Morgan fingerprint density at radius 2 is 2.07 bits per heavy atom. The van der Waals surface area contributed by atoms with Gasteiger partial charge in [0.2, 0.25) is 5.95 Å². The first-order valence-corrected chi connectivity index (χ1v) is 9.26. The van der Waals surface area contributed by atoms with Gasteiger partial charge in [0.1, 0.15) is 5.82 Å². The van der Waals surface area contributed by atoms with Crippen LogP contribution in [0, 0.1) is 12.7 Å². The van der Waals surface area contributed by atoms with Gasteiger partial charge in [-0.1, -0.05) is 0 Å². The Kier molecular flexibility index (Phi) is 4.93. The largest absolute Gasteiger partial charge is 0.492 e. The molecule has 2 aromatic heterocycles. The van der Waals surface area contributed by atoms with E-state index in [2.05, 4.69) is 41.5 Å². The van der Waals surface area contributed by atoms with Gasteiger partial charge in [-0.25, -0.2) is 14.2 Å². The fourth-order valence-electron chi connectivity index (χ4n) is 2.73. The zero-order chi connectivity index (χ0) is 20.5. The summed E-state index contributed by atoms with van der Waals surface area (Å²) < 4.78 is 25.1. The van der Waals surface area contributed by atoms with Crippen LogP contribution in [0.1, 0.15) is 5.56 Å². The van der Waals surface area contributed by atoms with E-state index in [1.54, 1.807) is 36.5 Å². The molecule has 0 spiro atoms. The van der Waals surface area contributed by atoms with Crippen molar-refractivity contribution < 1.29 is 13.5 Å². The summed E-state index contributed by atoms with van der Waals surface area (Å²) in [5.74, 6) is -0.261. The van der Waals surface area contributed by atoms with Crippen LogP contribution in [0.3, 0.4) is 0 Å². The number of hydrogen-bond donors (Lipinski definition) is 3. The molecular formula is C19H15BrFN5O3. The highest BCUT2D eigenvalue weighted by atomic mass is 79.9. The number of nitrogens with one attached hydrogen (secondary N) is 3. The highest BCUT2D eigenvalue weighted by Crippen LogP contribution is 2.33. The lowest BCUT2D eigenvalue weighted by Crippen LogP contribution is -2.04. The topological polar surface area (TPSA) is 105 Å². The predicted octanol–water partition coefficient (Wildman–Crippen LogP) is 4.62. The van der Waals surface area contributed by atoms with Crippen LogP contribution in [0.25, 0.3) is 11.1 Å². The van der Waals surface area contributed by atoms with Crippen LogP contribution >= 0.6 is 15.9 Å². The van der Waals surface area contributed by atoms with Gasteiger partial charge in [0.25, 0.3) is 0 Å². The van der Waals surface area contributed by atoms with Crippen molar-refractivity contribution in [3.8, 4) is 5.75 Å². The number of nitrogens with zero attached hydrogens (tertiary/aromatic N) is 2.